The van der Waals surface area contributed by atoms with Gasteiger partial charge in [-0.2, -0.15) is 0 Å². The highest BCUT2D eigenvalue weighted by molar-refractivity contribution is 9.10. The summed E-state index contributed by atoms with van der Waals surface area (Å²) in [7, 11) is 0. The number of halogens is 1. The van der Waals surface area contributed by atoms with Gasteiger partial charge in [0.1, 0.15) is 6.61 Å². The molecule has 4 nitrogen and oxygen atoms in total. The van der Waals surface area contributed by atoms with Crippen LogP contribution in [0.3, 0.4) is 0 Å². The number of benzene rings is 1. The molecule has 0 bridgehead atoms. The first-order chi connectivity index (χ1) is 7.15. The van der Waals surface area contributed by atoms with Gasteiger partial charge in [0.15, 0.2) is 0 Å². The van der Waals surface area contributed by atoms with E-state index in [-0.39, 0.29) is 12.2 Å². The van der Waals surface area contributed by atoms with Gasteiger partial charge < -0.3 is 5.11 Å². The zero-order valence-corrected chi connectivity index (χ0v) is 9.24. The highest BCUT2D eigenvalue weighted by Crippen LogP contribution is 2.20. The second kappa shape index (κ2) is 5.39. The fourth-order valence-corrected chi connectivity index (χ4v) is 1.30. The number of anilines is 1. The first-order valence-electron chi connectivity index (χ1n) is 3.99. The molecule has 0 saturated carbocycles. The maximum absolute atomic E-state index is 10.8. The van der Waals surface area contributed by atoms with Crippen molar-refractivity contribution in [3.05, 3.63) is 28.2 Å². The first kappa shape index (κ1) is 11.6. The van der Waals surface area contributed by atoms with Crippen LogP contribution in [0.2, 0.25) is 0 Å². The first-order valence-corrected chi connectivity index (χ1v) is 4.78. The third-order valence-corrected chi connectivity index (χ3v) is 2.04. The molecule has 0 aliphatic rings. The maximum atomic E-state index is 10.8. The van der Waals surface area contributed by atoms with Crippen molar-refractivity contribution in [1.29, 1.82) is 0 Å². The van der Waals surface area contributed by atoms with E-state index in [4.69, 9.17) is 16.4 Å². The van der Waals surface area contributed by atoms with Crippen molar-refractivity contribution >= 4 is 27.6 Å². The minimum atomic E-state index is -1.04. The number of carboxylic acid groups (broad SMARTS) is 1. The Balaban J connectivity index is 2.87. The zero-order valence-electron chi connectivity index (χ0n) is 7.66. The third-order valence-electron chi connectivity index (χ3n) is 1.55. The summed E-state index contributed by atoms with van der Waals surface area (Å²) in [5, 5.41) is 8.89. The number of nitrogens with one attached hydrogen (secondary N) is 1. The minimum Gasteiger partial charge on any atom is -0.478 e. The Morgan fingerprint density at radius 1 is 1.67 bits per heavy atom. The molecule has 0 unspecified atom stereocenters. The monoisotopic (exact) mass is 269 g/mol. The Labute approximate surface area is 95.3 Å². The zero-order chi connectivity index (χ0) is 11.3. The summed E-state index contributed by atoms with van der Waals surface area (Å²) in [6, 6.07) is 4.77. The van der Waals surface area contributed by atoms with Crippen LogP contribution in [0.1, 0.15) is 10.4 Å². The van der Waals surface area contributed by atoms with Gasteiger partial charge in [-0.25, -0.2) is 4.79 Å². The van der Waals surface area contributed by atoms with Crippen LogP contribution in [0, 0.1) is 12.3 Å². The average molecular weight is 270 g/mol. The maximum Gasteiger partial charge on any atom is 0.337 e. The molecular formula is C10H8BrNO3. The Kier molecular flexibility index (Phi) is 4.16. The fraction of sp³-hybridized carbons (Fsp3) is 0.100. The van der Waals surface area contributed by atoms with Crippen molar-refractivity contribution < 1.29 is 14.7 Å². The van der Waals surface area contributed by atoms with E-state index in [1.54, 1.807) is 12.1 Å². The van der Waals surface area contributed by atoms with Crippen molar-refractivity contribution in [2.45, 2.75) is 0 Å². The summed E-state index contributed by atoms with van der Waals surface area (Å²) in [4.78, 5) is 15.7. The van der Waals surface area contributed by atoms with Crippen LogP contribution in [-0.4, -0.2) is 17.7 Å². The fourth-order valence-electron chi connectivity index (χ4n) is 0.938. The molecule has 0 spiro atoms. The molecule has 0 radical (unpaired) electrons. The van der Waals surface area contributed by atoms with E-state index in [1.165, 1.54) is 6.07 Å². The summed E-state index contributed by atoms with van der Waals surface area (Å²) < 4.78 is 0.683. The van der Waals surface area contributed by atoms with Gasteiger partial charge in [-0.3, -0.25) is 10.3 Å². The molecule has 0 amide bonds. The van der Waals surface area contributed by atoms with E-state index in [2.05, 4.69) is 27.3 Å². The van der Waals surface area contributed by atoms with Crippen molar-refractivity contribution in [3.8, 4) is 12.3 Å². The average Bonchev–Trinajstić information content (AvgIpc) is 2.20. The van der Waals surface area contributed by atoms with Crippen molar-refractivity contribution in [2.75, 3.05) is 12.1 Å². The molecule has 0 aromatic heterocycles. The normalized spacial score (nSPS) is 9.33. The number of terminal acetylenes is 1. The number of carboxylic acids is 1. The smallest absolute Gasteiger partial charge is 0.337 e. The summed E-state index contributed by atoms with van der Waals surface area (Å²) in [5.74, 6) is 1.22. The second-order valence-corrected chi connectivity index (χ2v) is 3.51. The molecule has 0 atom stereocenters. The molecule has 5 heteroatoms. The van der Waals surface area contributed by atoms with E-state index < -0.39 is 5.97 Å². The van der Waals surface area contributed by atoms with Crippen LogP contribution in [0.25, 0.3) is 0 Å². The summed E-state index contributed by atoms with van der Waals surface area (Å²) >= 11 is 3.18. The predicted molar refractivity (Wildman–Crippen MR) is 59.5 cm³/mol. The van der Waals surface area contributed by atoms with E-state index in [9.17, 15) is 4.79 Å². The molecular weight excluding hydrogens is 262 g/mol. The van der Waals surface area contributed by atoms with Crippen molar-refractivity contribution in [3.63, 3.8) is 0 Å². The lowest BCUT2D eigenvalue weighted by Crippen LogP contribution is -2.07. The molecule has 78 valence electrons. The van der Waals surface area contributed by atoms with Gasteiger partial charge in [-0.05, 0) is 18.2 Å². The number of carbonyl (C=O) groups is 1. The highest BCUT2D eigenvalue weighted by Gasteiger charge is 2.10. The molecule has 1 aromatic carbocycles. The molecule has 0 heterocycles. The molecule has 2 N–H and O–H groups in total. The molecule has 0 aliphatic carbocycles. The Morgan fingerprint density at radius 2 is 2.40 bits per heavy atom. The van der Waals surface area contributed by atoms with Crippen molar-refractivity contribution in [1.82, 2.24) is 0 Å². The Morgan fingerprint density at radius 3 is 3.00 bits per heavy atom. The molecule has 15 heavy (non-hydrogen) atoms. The molecule has 1 rings (SSSR count). The van der Waals surface area contributed by atoms with E-state index in [1.807, 2.05) is 0 Å². The van der Waals surface area contributed by atoms with Crippen LogP contribution >= 0.6 is 15.9 Å². The molecule has 0 aliphatic heterocycles. The van der Waals surface area contributed by atoms with Crippen LogP contribution < -0.4 is 5.48 Å². The van der Waals surface area contributed by atoms with Gasteiger partial charge in [0, 0.05) is 4.47 Å². The summed E-state index contributed by atoms with van der Waals surface area (Å²) in [6.07, 6.45) is 4.98. The SMILES string of the molecule is C#CCONc1ccc(Br)cc1C(=O)O. The molecule has 0 fully saturated rings. The van der Waals surface area contributed by atoms with Gasteiger partial charge >= 0.3 is 5.97 Å². The number of aromatic carboxylic acids is 1. The van der Waals surface area contributed by atoms with Gasteiger partial charge in [0.05, 0.1) is 11.3 Å². The number of hydrogen-bond acceptors (Lipinski definition) is 3. The summed E-state index contributed by atoms with van der Waals surface area (Å²) in [5.41, 5.74) is 2.95. The largest absolute Gasteiger partial charge is 0.478 e. The van der Waals surface area contributed by atoms with Gasteiger partial charge in [-0.15, -0.1) is 6.42 Å². The lowest BCUT2D eigenvalue weighted by molar-refractivity contribution is 0.0696. The van der Waals surface area contributed by atoms with Crippen molar-refractivity contribution in [2.24, 2.45) is 0 Å². The quantitative estimate of drug-likeness (QED) is 0.500. The lowest BCUT2D eigenvalue weighted by Gasteiger charge is -2.08. The van der Waals surface area contributed by atoms with E-state index >= 15 is 0 Å². The highest BCUT2D eigenvalue weighted by atomic mass is 79.9. The molecule has 1 aromatic rings. The minimum absolute atomic E-state index is 0.0646. The third kappa shape index (κ3) is 3.27. The summed E-state index contributed by atoms with van der Waals surface area (Å²) in [6.45, 7) is 0.0646. The molecule has 0 saturated heterocycles. The van der Waals surface area contributed by atoms with Gasteiger partial charge in [0.2, 0.25) is 0 Å². The standard InChI is InChI=1S/C10H8BrNO3/c1-2-5-15-12-9-4-3-7(11)6-8(9)10(13)14/h1,3-4,6,12H,5H2,(H,13,14). The van der Waals surface area contributed by atoms with Gasteiger partial charge in [0.25, 0.3) is 0 Å². The van der Waals surface area contributed by atoms with Crippen LogP contribution in [0.4, 0.5) is 5.69 Å². The lowest BCUT2D eigenvalue weighted by atomic mass is 10.2. The topological polar surface area (TPSA) is 58.6 Å². The van der Waals surface area contributed by atoms with E-state index in [0.29, 0.717) is 10.2 Å². The van der Waals surface area contributed by atoms with Gasteiger partial charge in [-0.1, -0.05) is 21.9 Å². The number of rotatable bonds is 4. The van der Waals surface area contributed by atoms with E-state index in [0.717, 1.165) is 0 Å². The van der Waals surface area contributed by atoms with Crippen LogP contribution in [0.15, 0.2) is 22.7 Å². The van der Waals surface area contributed by atoms with Crippen LogP contribution in [-0.2, 0) is 4.84 Å². The van der Waals surface area contributed by atoms with Crippen LogP contribution in [0.5, 0.6) is 0 Å². The second-order valence-electron chi connectivity index (χ2n) is 2.59. The Hall–Kier alpha value is -1.51. The number of hydrogen-bond donors (Lipinski definition) is 2. The predicted octanol–water partition coefficient (Wildman–Crippen LogP) is 2.12. The Bertz CT molecular complexity index is 412.